The number of benzene rings is 2. The lowest BCUT2D eigenvalue weighted by atomic mass is 10.1. The number of H-pyrrole nitrogens is 1. The predicted molar refractivity (Wildman–Crippen MR) is 125 cm³/mol. The van der Waals surface area contributed by atoms with Gasteiger partial charge in [0.25, 0.3) is 5.56 Å². The average Bonchev–Trinajstić information content (AvgIpc) is 2.85. The Labute approximate surface area is 184 Å². The molecule has 0 atom stereocenters. The van der Waals surface area contributed by atoms with Gasteiger partial charge in [0, 0.05) is 43.5 Å². The van der Waals surface area contributed by atoms with Crippen molar-refractivity contribution in [3.8, 4) is 17.0 Å². The summed E-state index contributed by atoms with van der Waals surface area (Å²) >= 11 is 0. The fraction of sp³-hybridized carbons (Fsp3) is 0.217. The molecule has 162 valence electrons. The fourth-order valence-electron chi connectivity index (χ4n) is 3.76. The Balaban J connectivity index is 1.43. The van der Waals surface area contributed by atoms with Gasteiger partial charge in [0.05, 0.1) is 19.0 Å². The van der Waals surface area contributed by atoms with E-state index in [4.69, 9.17) is 4.74 Å². The topological polar surface area (TPSA) is 108 Å². The van der Waals surface area contributed by atoms with Gasteiger partial charge in [-0.25, -0.2) is 9.97 Å². The molecule has 5 rings (SSSR count). The SMILES string of the molecule is COc1cc(N2CCNCC2)ccc1Nc1ncc2nc(-c3ccccc3)c(=O)[nH]c2n1. The molecule has 3 N–H and O–H groups in total. The number of aromatic amines is 1. The monoisotopic (exact) mass is 429 g/mol. The molecule has 0 radical (unpaired) electrons. The van der Waals surface area contributed by atoms with Gasteiger partial charge >= 0.3 is 0 Å². The van der Waals surface area contributed by atoms with Crippen molar-refractivity contribution in [2.75, 3.05) is 43.5 Å². The van der Waals surface area contributed by atoms with Crippen LogP contribution >= 0.6 is 0 Å². The number of ether oxygens (including phenoxy) is 1. The van der Waals surface area contributed by atoms with Crippen LogP contribution in [0, 0.1) is 0 Å². The second kappa shape index (κ2) is 8.64. The van der Waals surface area contributed by atoms with Crippen molar-refractivity contribution < 1.29 is 4.74 Å². The van der Waals surface area contributed by atoms with Crippen molar-refractivity contribution in [3.63, 3.8) is 0 Å². The van der Waals surface area contributed by atoms with E-state index in [0.717, 1.165) is 43.1 Å². The van der Waals surface area contributed by atoms with E-state index in [9.17, 15) is 4.79 Å². The highest BCUT2D eigenvalue weighted by atomic mass is 16.5. The quantitative estimate of drug-likeness (QED) is 0.444. The number of nitrogens with one attached hydrogen (secondary N) is 3. The zero-order valence-corrected chi connectivity index (χ0v) is 17.6. The summed E-state index contributed by atoms with van der Waals surface area (Å²) in [5, 5.41) is 6.54. The van der Waals surface area contributed by atoms with Gasteiger partial charge < -0.3 is 25.3 Å². The number of aromatic nitrogens is 4. The molecule has 1 aliphatic rings. The number of nitrogens with zero attached hydrogens (tertiary/aromatic N) is 4. The zero-order valence-electron chi connectivity index (χ0n) is 17.6. The summed E-state index contributed by atoms with van der Waals surface area (Å²) in [5.74, 6) is 1.03. The molecule has 1 fully saturated rings. The Morgan fingerprint density at radius 1 is 1.06 bits per heavy atom. The Kier molecular flexibility index (Phi) is 5.39. The minimum atomic E-state index is -0.300. The Morgan fingerprint density at radius 2 is 1.88 bits per heavy atom. The third-order valence-electron chi connectivity index (χ3n) is 5.41. The standard InChI is InChI=1S/C23H23N7O2/c1-32-19-13-16(30-11-9-24-10-12-30)7-8-17(19)27-23-25-14-18-21(29-23)28-22(31)20(26-18)15-5-3-2-4-6-15/h2-8,13-14,24H,9-12H2,1H3,(H2,25,27,28,29,31). The van der Waals surface area contributed by atoms with E-state index in [2.05, 4.69) is 35.5 Å². The molecule has 9 heteroatoms. The number of piperazine rings is 1. The lowest BCUT2D eigenvalue weighted by Crippen LogP contribution is -2.43. The van der Waals surface area contributed by atoms with E-state index in [0.29, 0.717) is 28.6 Å². The molecular weight excluding hydrogens is 406 g/mol. The number of hydrogen-bond acceptors (Lipinski definition) is 8. The minimum absolute atomic E-state index is 0.300. The first-order valence-electron chi connectivity index (χ1n) is 10.4. The molecule has 2 aromatic heterocycles. The smallest absolute Gasteiger partial charge is 0.276 e. The number of methoxy groups -OCH3 is 1. The molecule has 0 unspecified atom stereocenters. The van der Waals surface area contributed by atoms with Gasteiger partial charge in [-0.3, -0.25) is 4.79 Å². The molecular formula is C23H23N7O2. The highest BCUT2D eigenvalue weighted by Crippen LogP contribution is 2.31. The fourth-order valence-corrected chi connectivity index (χ4v) is 3.76. The first kappa shape index (κ1) is 20.0. The molecule has 4 aromatic rings. The lowest BCUT2D eigenvalue weighted by molar-refractivity contribution is 0.416. The minimum Gasteiger partial charge on any atom is -0.494 e. The van der Waals surface area contributed by atoms with Crippen LogP contribution in [0.3, 0.4) is 0 Å². The maximum absolute atomic E-state index is 12.6. The summed E-state index contributed by atoms with van der Waals surface area (Å²) in [6.45, 7) is 3.83. The van der Waals surface area contributed by atoms with Gasteiger partial charge in [-0.2, -0.15) is 4.98 Å². The number of anilines is 3. The van der Waals surface area contributed by atoms with E-state index in [1.54, 1.807) is 13.3 Å². The van der Waals surface area contributed by atoms with E-state index in [1.165, 1.54) is 0 Å². The summed E-state index contributed by atoms with van der Waals surface area (Å²) in [5.41, 5.74) is 3.50. The van der Waals surface area contributed by atoms with Crippen molar-refractivity contribution in [2.24, 2.45) is 0 Å². The van der Waals surface area contributed by atoms with Gasteiger partial charge in [0.2, 0.25) is 5.95 Å². The molecule has 1 aliphatic heterocycles. The average molecular weight is 429 g/mol. The Morgan fingerprint density at radius 3 is 2.66 bits per heavy atom. The lowest BCUT2D eigenvalue weighted by Gasteiger charge is -2.30. The maximum Gasteiger partial charge on any atom is 0.276 e. The van der Waals surface area contributed by atoms with Crippen LogP contribution < -0.4 is 25.8 Å². The van der Waals surface area contributed by atoms with Crippen LogP contribution in [0.5, 0.6) is 5.75 Å². The van der Waals surface area contributed by atoms with Crippen molar-refractivity contribution in [3.05, 3.63) is 65.1 Å². The number of rotatable bonds is 5. The highest BCUT2D eigenvalue weighted by Gasteiger charge is 2.14. The van der Waals surface area contributed by atoms with Gasteiger partial charge in [0.1, 0.15) is 17.0 Å². The van der Waals surface area contributed by atoms with Crippen LogP contribution in [0.2, 0.25) is 0 Å². The summed E-state index contributed by atoms with van der Waals surface area (Å²) in [6, 6.07) is 15.3. The van der Waals surface area contributed by atoms with E-state index < -0.39 is 0 Å². The molecule has 0 aliphatic carbocycles. The van der Waals surface area contributed by atoms with Crippen molar-refractivity contribution in [1.82, 2.24) is 25.3 Å². The number of fused-ring (bicyclic) bond motifs is 1. The molecule has 0 spiro atoms. The highest BCUT2D eigenvalue weighted by molar-refractivity contribution is 5.75. The van der Waals surface area contributed by atoms with Crippen LogP contribution in [0.1, 0.15) is 0 Å². The molecule has 2 aromatic carbocycles. The van der Waals surface area contributed by atoms with Gasteiger partial charge in [-0.1, -0.05) is 30.3 Å². The molecule has 0 saturated carbocycles. The second-order valence-electron chi connectivity index (χ2n) is 7.45. The Hall–Kier alpha value is -3.98. The van der Waals surface area contributed by atoms with Crippen molar-refractivity contribution in [2.45, 2.75) is 0 Å². The van der Waals surface area contributed by atoms with Gasteiger partial charge in [-0.05, 0) is 12.1 Å². The second-order valence-corrected chi connectivity index (χ2v) is 7.45. The largest absolute Gasteiger partial charge is 0.494 e. The molecule has 0 amide bonds. The van der Waals surface area contributed by atoms with Crippen LogP contribution in [0.4, 0.5) is 17.3 Å². The predicted octanol–water partition coefficient (Wildman–Crippen LogP) is 2.54. The van der Waals surface area contributed by atoms with E-state index in [1.807, 2.05) is 48.5 Å². The molecule has 0 bridgehead atoms. The maximum atomic E-state index is 12.6. The molecule has 1 saturated heterocycles. The normalized spacial score (nSPS) is 13.8. The van der Waals surface area contributed by atoms with Crippen molar-refractivity contribution in [1.29, 1.82) is 0 Å². The number of hydrogen-bond donors (Lipinski definition) is 3. The van der Waals surface area contributed by atoms with Crippen molar-refractivity contribution >= 4 is 28.5 Å². The van der Waals surface area contributed by atoms with Crippen LogP contribution in [-0.2, 0) is 0 Å². The summed E-state index contributed by atoms with van der Waals surface area (Å²) in [6.07, 6.45) is 1.59. The van der Waals surface area contributed by atoms with E-state index in [-0.39, 0.29) is 5.56 Å². The first-order chi connectivity index (χ1) is 15.7. The van der Waals surface area contributed by atoms with Crippen LogP contribution in [-0.4, -0.2) is 53.2 Å². The van der Waals surface area contributed by atoms with Crippen LogP contribution in [0.15, 0.2) is 59.5 Å². The molecule has 3 heterocycles. The Bertz CT molecular complexity index is 1300. The van der Waals surface area contributed by atoms with Gasteiger partial charge in [-0.15, -0.1) is 0 Å². The summed E-state index contributed by atoms with van der Waals surface area (Å²) in [4.78, 5) is 31.0. The zero-order chi connectivity index (χ0) is 21.9. The third kappa shape index (κ3) is 3.97. The van der Waals surface area contributed by atoms with Crippen LogP contribution in [0.25, 0.3) is 22.4 Å². The third-order valence-corrected chi connectivity index (χ3v) is 5.41. The molecule has 32 heavy (non-hydrogen) atoms. The van der Waals surface area contributed by atoms with Gasteiger partial charge in [0.15, 0.2) is 5.65 Å². The first-order valence-corrected chi connectivity index (χ1v) is 10.4. The molecule has 9 nitrogen and oxygen atoms in total. The van der Waals surface area contributed by atoms with E-state index >= 15 is 0 Å². The summed E-state index contributed by atoms with van der Waals surface area (Å²) < 4.78 is 5.59. The summed E-state index contributed by atoms with van der Waals surface area (Å²) in [7, 11) is 1.63.